The van der Waals surface area contributed by atoms with Crippen LogP contribution < -0.4 is 25.6 Å². The summed E-state index contributed by atoms with van der Waals surface area (Å²) in [6.07, 6.45) is 13.8. The lowest BCUT2D eigenvalue weighted by atomic mass is 9.85. The van der Waals surface area contributed by atoms with Gasteiger partial charge < -0.3 is 50.3 Å². The first-order valence-electron chi connectivity index (χ1n) is 28.6. The van der Waals surface area contributed by atoms with Crippen LogP contribution in [0.3, 0.4) is 0 Å². The highest BCUT2D eigenvalue weighted by atomic mass is 19.1. The third-order valence-corrected chi connectivity index (χ3v) is 16.7. The van der Waals surface area contributed by atoms with Gasteiger partial charge in [-0.2, -0.15) is 9.97 Å². The molecule has 438 valence electrons. The van der Waals surface area contributed by atoms with Crippen LogP contribution in [-0.4, -0.2) is 143 Å². The lowest BCUT2D eigenvalue weighted by Gasteiger charge is -2.35. The highest BCUT2D eigenvalue weighted by molar-refractivity contribution is 6.03. The normalized spacial score (nSPS) is 20.3. The molecule has 0 spiro atoms. The van der Waals surface area contributed by atoms with Gasteiger partial charge >= 0.3 is 6.01 Å². The monoisotopic (exact) mass is 1140 g/mol. The summed E-state index contributed by atoms with van der Waals surface area (Å²) >= 11 is 0. The quantitative estimate of drug-likeness (QED) is 0.0333. The zero-order chi connectivity index (χ0) is 58.7. The van der Waals surface area contributed by atoms with Gasteiger partial charge in [0.05, 0.1) is 48.0 Å². The van der Waals surface area contributed by atoms with Gasteiger partial charge in [0.15, 0.2) is 5.82 Å². The van der Waals surface area contributed by atoms with Crippen LogP contribution in [0.1, 0.15) is 96.2 Å². The van der Waals surface area contributed by atoms with Crippen LogP contribution in [0.2, 0.25) is 0 Å². The number of carbonyl (C=O) groups is 3. The number of nitrogens with zero attached hydrogens (tertiary/aromatic N) is 6. The molecule has 5 unspecified atom stereocenters. The number of ether oxygens (including phenoxy) is 2. The number of nitrogens with one attached hydrogen (secondary N) is 3. The molecule has 83 heavy (non-hydrogen) atoms. The van der Waals surface area contributed by atoms with E-state index >= 15 is 4.39 Å². The van der Waals surface area contributed by atoms with Crippen molar-refractivity contribution in [3.8, 4) is 46.5 Å². The van der Waals surface area contributed by atoms with E-state index in [-0.39, 0.29) is 106 Å². The fraction of sp³-hybridized carbons (Fsp3) is 0.460. The number of amides is 3. The van der Waals surface area contributed by atoms with Gasteiger partial charge in [-0.15, -0.1) is 6.42 Å². The van der Waals surface area contributed by atoms with E-state index < -0.39 is 40.8 Å². The van der Waals surface area contributed by atoms with Crippen molar-refractivity contribution >= 4 is 45.7 Å². The minimum atomic E-state index is -0.752. The van der Waals surface area contributed by atoms with E-state index in [9.17, 15) is 37.8 Å². The number of benzene rings is 4. The second kappa shape index (κ2) is 24.8. The molecule has 3 amide bonds. The number of fused-ring (bicyclic) bond motifs is 4. The topological polar surface area (TPSA) is 195 Å². The van der Waals surface area contributed by atoms with E-state index in [4.69, 9.17) is 20.9 Å². The van der Waals surface area contributed by atoms with Gasteiger partial charge in [0, 0.05) is 86.9 Å². The lowest BCUT2D eigenvalue weighted by Crippen LogP contribution is -2.54. The third kappa shape index (κ3) is 13.3. The molecule has 5 atom stereocenters. The second-order valence-electron chi connectivity index (χ2n) is 23.9. The predicted octanol–water partition coefficient (Wildman–Crippen LogP) is 8.34. The maximum atomic E-state index is 17.0. The van der Waals surface area contributed by atoms with Crippen LogP contribution >= 0.6 is 0 Å². The number of rotatable bonds is 17. The number of hydrogen-bond acceptors (Lipinski definition) is 13. The molecule has 6 heterocycles. The van der Waals surface area contributed by atoms with Crippen molar-refractivity contribution in [3.05, 3.63) is 107 Å². The molecule has 0 radical (unpaired) electrons. The Morgan fingerprint density at radius 1 is 0.928 bits per heavy atom. The van der Waals surface area contributed by atoms with Gasteiger partial charge in [0.25, 0.3) is 0 Å². The Morgan fingerprint density at radius 2 is 1.64 bits per heavy atom. The zero-order valence-electron chi connectivity index (χ0n) is 47.2. The first kappa shape index (κ1) is 58.7. The number of aliphatic hydroxyl groups excluding tert-OH is 1. The van der Waals surface area contributed by atoms with Gasteiger partial charge in [-0.25, -0.2) is 17.6 Å². The van der Waals surface area contributed by atoms with Gasteiger partial charge in [-0.3, -0.25) is 19.4 Å². The number of phenolic OH excluding ortho intramolecular Hbond substituents is 1. The van der Waals surface area contributed by atoms with Crippen molar-refractivity contribution < 1.29 is 51.6 Å². The maximum absolute atomic E-state index is 17.0. The van der Waals surface area contributed by atoms with Crippen molar-refractivity contribution in [3.63, 3.8) is 0 Å². The fourth-order valence-corrected chi connectivity index (χ4v) is 11.9. The van der Waals surface area contributed by atoms with Gasteiger partial charge in [-0.05, 0) is 104 Å². The van der Waals surface area contributed by atoms with Gasteiger partial charge in [0.2, 0.25) is 18.2 Å². The summed E-state index contributed by atoms with van der Waals surface area (Å²) in [7, 11) is 0. The predicted molar refractivity (Wildman–Crippen MR) is 307 cm³/mol. The molecule has 6 aromatic rings. The molecule has 16 nitrogen and oxygen atoms in total. The smallest absolute Gasteiger partial charge is 0.319 e. The number of piperazine rings is 1. The van der Waals surface area contributed by atoms with Crippen molar-refractivity contribution in [1.29, 1.82) is 0 Å². The molecule has 4 saturated heterocycles. The molecule has 2 bridgehead atoms. The van der Waals surface area contributed by atoms with Crippen molar-refractivity contribution in [1.82, 2.24) is 40.7 Å². The number of β-amino-alcohol motifs (C(OH)–C–C–N with tert-alkyl or cyclic N) is 1. The number of phenols is 1. The molecule has 20 heteroatoms. The number of pyridine rings is 1. The van der Waals surface area contributed by atoms with E-state index in [0.29, 0.717) is 61.2 Å². The van der Waals surface area contributed by atoms with Crippen LogP contribution in [0.25, 0.3) is 44.1 Å². The summed E-state index contributed by atoms with van der Waals surface area (Å²) in [6, 6.07) is 15.8. The Labute approximate surface area is 480 Å². The minimum absolute atomic E-state index is 0.0146. The summed E-state index contributed by atoms with van der Waals surface area (Å²) in [5, 5.41) is 30.9. The average molecular weight is 1140 g/mol. The van der Waals surface area contributed by atoms with Gasteiger partial charge in [-0.1, -0.05) is 63.1 Å². The van der Waals surface area contributed by atoms with Crippen molar-refractivity contribution in [2.24, 2.45) is 10.8 Å². The van der Waals surface area contributed by atoms with Crippen LogP contribution in [-0.2, 0) is 19.1 Å². The van der Waals surface area contributed by atoms with E-state index in [1.807, 2.05) is 27.7 Å². The van der Waals surface area contributed by atoms with Crippen LogP contribution in [0.4, 0.5) is 23.4 Å². The zero-order valence-corrected chi connectivity index (χ0v) is 47.2. The molecular formula is C63H71F4N9O7. The number of likely N-dealkylation sites (tertiary alicyclic amines) is 2. The largest absolute Gasteiger partial charge is 0.508 e. The second-order valence-corrected chi connectivity index (χ2v) is 23.9. The molecule has 11 rings (SSSR count). The maximum Gasteiger partial charge on any atom is 0.319 e. The SMILES string of the molecule is C#Cc1c(F)ccc2cc(O)cc(-c3ncc4c(N5CC6CCC(C5)N6)nc(OCC5(CN6CCC(OCCC(=O)NC(C(=O)N7CCC(O)C7)C(C)(C)C)CC6)CC5)nc4c3F)c12.CC(NC=O)c1ccc(-c2c(F)cccc2F)cc1. The van der Waals surface area contributed by atoms with E-state index in [1.54, 1.807) is 35.4 Å². The Morgan fingerprint density at radius 3 is 2.28 bits per heavy atom. The molecule has 5 aliphatic rings. The Kier molecular flexibility index (Phi) is 17.5. The highest BCUT2D eigenvalue weighted by Gasteiger charge is 2.46. The van der Waals surface area contributed by atoms with E-state index in [2.05, 4.69) is 41.6 Å². The van der Waals surface area contributed by atoms with Gasteiger partial charge in [0.1, 0.15) is 46.3 Å². The van der Waals surface area contributed by atoms with Crippen molar-refractivity contribution in [2.75, 3.05) is 63.9 Å². The molecule has 2 aromatic heterocycles. The van der Waals surface area contributed by atoms with Crippen LogP contribution in [0.5, 0.6) is 11.8 Å². The number of piperidine rings is 1. The number of aromatic nitrogens is 3. The molecule has 5 N–H and O–H groups in total. The minimum Gasteiger partial charge on any atom is -0.508 e. The number of aliphatic hydroxyl groups is 1. The Bertz CT molecular complexity index is 3390. The Hall–Kier alpha value is -7.44. The number of terminal acetylenes is 1. The van der Waals surface area contributed by atoms with Crippen LogP contribution in [0.15, 0.2) is 72.9 Å². The number of anilines is 1. The summed E-state index contributed by atoms with van der Waals surface area (Å²) in [4.78, 5) is 56.9. The number of carbonyl (C=O) groups excluding carboxylic acids is 3. The number of hydrogen-bond donors (Lipinski definition) is 5. The molecule has 1 aliphatic carbocycles. The summed E-state index contributed by atoms with van der Waals surface area (Å²) in [5.74, 6) is -0.173. The van der Waals surface area contributed by atoms with E-state index in [0.717, 1.165) is 63.7 Å². The molecule has 1 saturated carbocycles. The first-order valence-corrected chi connectivity index (χ1v) is 28.6. The average Bonchev–Trinajstić information content (AvgIpc) is 3.98. The number of aromatic hydroxyl groups is 1. The standard InChI is InChI=1S/C48H58F2N8O6.C15H13F2NO/c1-5-34-37(49)9-6-28-20-32(60)21-35(39(28)34)41-40(50)42-36(22-51-41)44(58-23-29-7-8-30(24-58)52-29)55-46(54-42)64-27-48(14-15-48)26-56-16-11-33(12-17-56)63-19-13-38(61)53-43(47(2,3)4)45(62)57-18-10-31(59)25-57;1-10(18-9-19)11-5-7-12(8-6-11)15-13(16)3-2-4-14(15)17/h1,6,9,20-22,29-31,33,43,52,59-60H,7-8,10-19,23-27H2,2-4H3,(H,53,61);2-10H,1H3,(H,18,19). The molecule has 4 aliphatic heterocycles. The Balaban J connectivity index is 0.000000343. The number of halogens is 4. The molecule has 4 aromatic carbocycles. The first-order chi connectivity index (χ1) is 39.8. The van der Waals surface area contributed by atoms with Crippen LogP contribution in [0, 0.1) is 46.4 Å². The summed E-state index contributed by atoms with van der Waals surface area (Å²) < 4.78 is 71.9. The summed E-state index contributed by atoms with van der Waals surface area (Å²) in [5.41, 5.74) is 0.697. The fourth-order valence-electron chi connectivity index (χ4n) is 11.9. The molecule has 5 fully saturated rings. The van der Waals surface area contributed by atoms with Crippen molar-refractivity contribution in [2.45, 2.75) is 115 Å². The third-order valence-electron chi connectivity index (χ3n) is 16.7. The van der Waals surface area contributed by atoms with E-state index in [1.165, 1.54) is 42.5 Å². The molecular weight excluding hydrogens is 1070 g/mol. The summed E-state index contributed by atoms with van der Waals surface area (Å²) in [6.45, 7) is 12.9. The highest BCUT2D eigenvalue weighted by Crippen LogP contribution is 2.47. The lowest BCUT2D eigenvalue weighted by molar-refractivity contribution is -0.139.